The van der Waals surface area contributed by atoms with Gasteiger partial charge in [0.25, 0.3) is 0 Å². The molecule has 0 spiro atoms. The van der Waals surface area contributed by atoms with Crippen molar-refractivity contribution in [3.05, 3.63) is 41.4 Å². The van der Waals surface area contributed by atoms with Crippen LogP contribution in [-0.2, 0) is 0 Å². The summed E-state index contributed by atoms with van der Waals surface area (Å²) in [6, 6.07) is 5.59. The second-order valence-electron chi connectivity index (χ2n) is 5.36. The molecule has 122 valence electrons. The number of hydrogen-bond donors (Lipinski definition) is 2. The first-order chi connectivity index (χ1) is 10.9. The first-order valence-electron chi connectivity index (χ1n) is 7.24. The highest BCUT2D eigenvalue weighted by atomic mass is 32.1. The lowest BCUT2D eigenvalue weighted by Gasteiger charge is -2.08. The van der Waals surface area contributed by atoms with Crippen LogP contribution in [-0.4, -0.2) is 29.0 Å². The molecule has 5 nitrogen and oxygen atoms in total. The molecule has 0 aliphatic rings. The number of thiazole rings is 1. The van der Waals surface area contributed by atoms with Gasteiger partial charge in [-0.25, -0.2) is 4.98 Å². The second kappa shape index (κ2) is 7.28. The molecule has 0 unspecified atom stereocenters. The zero-order chi connectivity index (χ0) is 17.0. The minimum Gasteiger partial charge on any atom is -0.508 e. The molecular formula is C17H21N3O2S. The quantitative estimate of drug-likeness (QED) is 0.597. The van der Waals surface area contributed by atoms with Crippen molar-refractivity contribution >= 4 is 33.6 Å². The van der Waals surface area contributed by atoms with E-state index in [1.165, 1.54) is 0 Å². The molecule has 0 saturated heterocycles. The lowest BCUT2D eigenvalue weighted by atomic mass is 10.1. The van der Waals surface area contributed by atoms with Crippen LogP contribution < -0.4 is 10.1 Å². The van der Waals surface area contributed by atoms with Crippen molar-refractivity contribution in [1.82, 2.24) is 4.98 Å². The van der Waals surface area contributed by atoms with Gasteiger partial charge in [0.15, 0.2) is 5.13 Å². The Labute approximate surface area is 140 Å². The molecule has 0 aliphatic carbocycles. The summed E-state index contributed by atoms with van der Waals surface area (Å²) < 4.78 is 5.22. The number of aromatic nitrogens is 1. The molecule has 23 heavy (non-hydrogen) atoms. The molecule has 0 amide bonds. The highest BCUT2D eigenvalue weighted by molar-refractivity contribution is 7.13. The number of hydrogen-bond acceptors (Lipinski definition) is 6. The van der Waals surface area contributed by atoms with Crippen molar-refractivity contribution < 1.29 is 9.84 Å². The summed E-state index contributed by atoms with van der Waals surface area (Å²) in [5.74, 6) is 0.640. The van der Waals surface area contributed by atoms with Crippen molar-refractivity contribution in [1.29, 1.82) is 0 Å². The minimum atomic E-state index is -0.0281. The van der Waals surface area contributed by atoms with E-state index in [4.69, 9.17) is 4.74 Å². The van der Waals surface area contributed by atoms with Crippen LogP contribution in [0.25, 0.3) is 5.76 Å². The fraction of sp³-hybridized carbons (Fsp3) is 0.294. The Kier molecular flexibility index (Phi) is 5.39. The van der Waals surface area contributed by atoms with E-state index in [9.17, 15) is 5.11 Å². The number of aliphatic hydroxyl groups excluding tert-OH is 1. The van der Waals surface area contributed by atoms with E-state index in [1.807, 2.05) is 12.3 Å². The van der Waals surface area contributed by atoms with Crippen LogP contribution in [0.5, 0.6) is 5.75 Å². The van der Waals surface area contributed by atoms with Crippen molar-refractivity contribution in [2.75, 3.05) is 12.4 Å². The largest absolute Gasteiger partial charge is 0.508 e. The Balaban J connectivity index is 2.36. The van der Waals surface area contributed by atoms with Gasteiger partial charge in [-0.1, -0.05) is 6.58 Å². The molecular weight excluding hydrogens is 310 g/mol. The summed E-state index contributed by atoms with van der Waals surface area (Å²) in [6.45, 7) is 9.60. The summed E-state index contributed by atoms with van der Waals surface area (Å²) in [5.41, 5.74) is 2.73. The van der Waals surface area contributed by atoms with Crippen LogP contribution in [0.15, 0.2) is 35.2 Å². The predicted octanol–water partition coefficient (Wildman–Crippen LogP) is 4.64. The molecule has 0 fully saturated rings. The van der Waals surface area contributed by atoms with Crippen molar-refractivity contribution in [2.24, 2.45) is 4.99 Å². The van der Waals surface area contributed by atoms with Gasteiger partial charge >= 0.3 is 0 Å². The number of rotatable bonds is 6. The smallest absolute Gasteiger partial charge is 0.183 e. The molecule has 1 aromatic heterocycles. The predicted molar refractivity (Wildman–Crippen MR) is 97.4 cm³/mol. The fourth-order valence-electron chi connectivity index (χ4n) is 1.97. The Hall–Kier alpha value is -2.34. The van der Waals surface area contributed by atoms with Gasteiger partial charge < -0.3 is 15.2 Å². The van der Waals surface area contributed by atoms with Gasteiger partial charge in [-0.3, -0.25) is 4.99 Å². The minimum absolute atomic E-state index is 0.0281. The topological polar surface area (TPSA) is 66.7 Å². The second-order valence-corrected chi connectivity index (χ2v) is 6.22. The lowest BCUT2D eigenvalue weighted by Crippen LogP contribution is -2.09. The standard InChI is InChI=1S/C17H21N3O2S/c1-10(2)18-17-20-16(9-23-17)11(3)19-15-8-13(22-5)6-7-14(15)12(4)21/h6-10,21H,4H2,1-3,5H3,(H,18,20). The van der Waals surface area contributed by atoms with E-state index >= 15 is 0 Å². The average Bonchev–Trinajstić information content (AvgIpc) is 2.94. The van der Waals surface area contributed by atoms with Crippen LogP contribution in [0.1, 0.15) is 32.0 Å². The van der Waals surface area contributed by atoms with E-state index in [0.717, 1.165) is 16.5 Å². The summed E-state index contributed by atoms with van der Waals surface area (Å²) in [4.78, 5) is 9.11. The van der Waals surface area contributed by atoms with E-state index in [1.54, 1.807) is 36.6 Å². The molecule has 2 rings (SSSR count). The number of nitrogens with zero attached hydrogens (tertiary/aromatic N) is 2. The maximum absolute atomic E-state index is 9.73. The summed E-state index contributed by atoms with van der Waals surface area (Å²) in [7, 11) is 1.59. The van der Waals surface area contributed by atoms with Gasteiger partial charge in [-0.15, -0.1) is 11.3 Å². The first-order valence-corrected chi connectivity index (χ1v) is 8.12. The maximum Gasteiger partial charge on any atom is 0.183 e. The fourth-order valence-corrected chi connectivity index (χ4v) is 2.87. The number of nitrogens with one attached hydrogen (secondary N) is 1. The Morgan fingerprint density at radius 3 is 2.78 bits per heavy atom. The molecule has 0 saturated carbocycles. The number of aliphatic imine (C=N–C) groups is 1. The molecule has 2 N–H and O–H groups in total. The maximum atomic E-state index is 9.73. The third-order valence-electron chi connectivity index (χ3n) is 3.09. The Bertz CT molecular complexity index is 735. The van der Waals surface area contributed by atoms with Crippen LogP contribution in [0, 0.1) is 0 Å². The lowest BCUT2D eigenvalue weighted by molar-refractivity contribution is 0.415. The number of anilines is 1. The summed E-state index contributed by atoms with van der Waals surface area (Å²) in [6.07, 6.45) is 0. The van der Waals surface area contributed by atoms with E-state index < -0.39 is 0 Å². The molecule has 2 aromatic rings. The number of methoxy groups -OCH3 is 1. The summed E-state index contributed by atoms with van der Waals surface area (Å²) in [5, 5.41) is 15.8. The highest BCUT2D eigenvalue weighted by Crippen LogP contribution is 2.30. The molecule has 1 heterocycles. The van der Waals surface area contributed by atoms with Gasteiger partial charge in [-0.2, -0.15) is 0 Å². The van der Waals surface area contributed by atoms with Crippen LogP contribution >= 0.6 is 11.3 Å². The van der Waals surface area contributed by atoms with Crippen molar-refractivity contribution in [2.45, 2.75) is 26.8 Å². The number of aliphatic hydroxyl groups is 1. The van der Waals surface area contributed by atoms with Crippen LogP contribution in [0.4, 0.5) is 10.8 Å². The Morgan fingerprint density at radius 2 is 2.17 bits per heavy atom. The average molecular weight is 331 g/mol. The molecule has 0 aliphatic heterocycles. The third kappa shape index (κ3) is 4.32. The SMILES string of the molecule is C=C(O)c1ccc(OC)cc1N=C(C)c1csc(NC(C)C)n1. The first kappa shape index (κ1) is 17.0. The zero-order valence-corrected chi connectivity index (χ0v) is 14.6. The molecule has 0 bridgehead atoms. The third-order valence-corrected chi connectivity index (χ3v) is 3.86. The van der Waals surface area contributed by atoms with Gasteiger partial charge in [-0.05, 0) is 32.9 Å². The molecule has 0 radical (unpaired) electrons. The summed E-state index contributed by atoms with van der Waals surface area (Å²) >= 11 is 1.54. The molecule has 1 aromatic carbocycles. The van der Waals surface area contributed by atoms with Crippen molar-refractivity contribution in [3.63, 3.8) is 0 Å². The normalized spacial score (nSPS) is 11.6. The Morgan fingerprint density at radius 1 is 1.43 bits per heavy atom. The van der Waals surface area contributed by atoms with Crippen LogP contribution in [0.2, 0.25) is 0 Å². The van der Waals surface area contributed by atoms with Gasteiger partial charge in [0.2, 0.25) is 0 Å². The number of ether oxygens (including phenoxy) is 1. The molecule has 0 atom stereocenters. The van der Waals surface area contributed by atoms with E-state index in [2.05, 4.69) is 35.7 Å². The van der Waals surface area contributed by atoms with E-state index in [-0.39, 0.29) is 5.76 Å². The van der Waals surface area contributed by atoms with Gasteiger partial charge in [0.1, 0.15) is 11.5 Å². The van der Waals surface area contributed by atoms with Crippen LogP contribution in [0.3, 0.4) is 0 Å². The van der Waals surface area contributed by atoms with Gasteiger partial charge in [0.05, 0.1) is 24.2 Å². The zero-order valence-electron chi connectivity index (χ0n) is 13.8. The van der Waals surface area contributed by atoms with Gasteiger partial charge in [0, 0.05) is 23.1 Å². The van der Waals surface area contributed by atoms with Crippen molar-refractivity contribution in [3.8, 4) is 5.75 Å². The highest BCUT2D eigenvalue weighted by Gasteiger charge is 2.10. The van der Waals surface area contributed by atoms with E-state index in [0.29, 0.717) is 23.0 Å². The monoisotopic (exact) mass is 331 g/mol. The molecule has 6 heteroatoms. The number of benzene rings is 1.